The molecule has 0 N–H and O–H groups in total. The highest BCUT2D eigenvalue weighted by Crippen LogP contribution is 2.56. The summed E-state index contributed by atoms with van der Waals surface area (Å²) in [7, 11) is 0. The minimum atomic E-state index is -0.255. The zero-order chi connectivity index (χ0) is 70.0. The maximum atomic E-state index is 8.12. The lowest BCUT2D eigenvalue weighted by Gasteiger charge is -2.46. The molecule has 107 heavy (non-hydrogen) atoms. The Bertz CT molecular complexity index is 6880. The van der Waals surface area contributed by atoms with Crippen LogP contribution < -0.4 is 62.0 Å². The van der Waals surface area contributed by atoms with Crippen LogP contribution in [0.3, 0.4) is 0 Å². The average molecular weight is 1420 g/mol. The first-order valence-electron chi connectivity index (χ1n) is 36.5. The number of fused-ring (bicyclic) bond motifs is 17. The number of ether oxygens (including phenoxy) is 1. The van der Waals surface area contributed by atoms with Crippen LogP contribution in [0.5, 0.6) is 11.5 Å². The molecule has 0 unspecified atom stereocenters. The van der Waals surface area contributed by atoms with E-state index >= 15 is 0 Å². The van der Waals surface area contributed by atoms with Crippen LogP contribution in [-0.4, -0.2) is 13.4 Å². The van der Waals surface area contributed by atoms with Gasteiger partial charge in [0.05, 0.1) is 43.5 Å². The van der Waals surface area contributed by atoms with Gasteiger partial charge in [-0.15, -0.1) is 34.0 Å². The van der Waals surface area contributed by atoms with Gasteiger partial charge < -0.3 is 29.2 Å². The van der Waals surface area contributed by atoms with Crippen molar-refractivity contribution in [2.45, 2.75) is 0 Å². The first-order valence-corrected chi connectivity index (χ1v) is 39.0. The van der Waals surface area contributed by atoms with Gasteiger partial charge in [0.2, 0.25) is 0 Å². The normalized spacial score (nSPS) is 13.0. The van der Waals surface area contributed by atoms with Crippen LogP contribution >= 0.6 is 34.0 Å². The van der Waals surface area contributed by atoms with E-state index in [-0.39, 0.29) is 13.4 Å². The molecular formula is C96H59B2N5OS3. The van der Waals surface area contributed by atoms with Crippen LogP contribution in [0, 0.1) is 0 Å². The highest BCUT2D eigenvalue weighted by Gasteiger charge is 2.49. The summed E-state index contributed by atoms with van der Waals surface area (Å²) in [5, 5.41) is 7.45. The van der Waals surface area contributed by atoms with Gasteiger partial charge in [-0.2, -0.15) is 0 Å². The fourth-order valence-corrected chi connectivity index (χ4v) is 21.6. The topological polar surface area (TPSA) is 25.4 Å². The molecule has 23 rings (SSSR count). The molecule has 0 saturated carbocycles. The Morgan fingerprint density at radius 2 is 0.729 bits per heavy atom. The van der Waals surface area contributed by atoms with Crippen molar-refractivity contribution in [2.75, 3.05) is 24.5 Å². The number of para-hydroxylation sites is 6. The minimum Gasteiger partial charge on any atom is -0.458 e. The lowest BCUT2D eigenvalue weighted by Crippen LogP contribution is -2.64. The van der Waals surface area contributed by atoms with Crippen molar-refractivity contribution < 1.29 is 4.74 Å². The van der Waals surface area contributed by atoms with E-state index in [4.69, 9.17) is 4.74 Å². The molecule has 0 aliphatic carbocycles. The number of rotatable bonds is 10. The molecule has 0 bridgehead atoms. The quantitative estimate of drug-likeness (QED) is 0.127. The van der Waals surface area contributed by atoms with Crippen LogP contribution in [0.2, 0.25) is 0 Å². The van der Waals surface area contributed by atoms with E-state index in [0.717, 1.165) is 119 Å². The Balaban J connectivity index is 0.825. The third-order valence-electron chi connectivity index (χ3n) is 22.4. The summed E-state index contributed by atoms with van der Waals surface area (Å²) in [5.74, 6) is 1.63. The second-order valence-corrected chi connectivity index (χ2v) is 31.3. The van der Waals surface area contributed by atoms with Crippen molar-refractivity contribution in [1.29, 1.82) is 0 Å². The molecule has 0 radical (unpaired) electrons. The molecule has 3 aromatic heterocycles. The van der Waals surface area contributed by atoms with Crippen molar-refractivity contribution in [2.24, 2.45) is 0 Å². The van der Waals surface area contributed by atoms with E-state index < -0.39 is 0 Å². The van der Waals surface area contributed by atoms with Crippen molar-refractivity contribution in [3.8, 4) is 22.6 Å². The van der Waals surface area contributed by atoms with Crippen LogP contribution in [0.1, 0.15) is 0 Å². The highest BCUT2D eigenvalue weighted by molar-refractivity contribution is 7.27. The average Bonchev–Trinajstić information content (AvgIpc) is 1.53. The third kappa shape index (κ3) is 9.12. The molecule has 0 fully saturated rings. The van der Waals surface area contributed by atoms with Crippen molar-refractivity contribution >= 4 is 226 Å². The SMILES string of the molecule is c1ccc(-c2ccccc2N(c2ccccc2)c2cc3c4c(c2)N(c2cccc5sc6ccccc6c25)c2ccccc2B4c2cc4c(cc2O3)N(c2cccc3c2sc2ccccc23)c2cc(N(c3ccccc3)c3cccc5c3sc3ccccc35)cc3c2B4c2ccccc2N3c2ccccc2)cc1. The zero-order valence-electron chi connectivity index (χ0n) is 57.6. The minimum absolute atomic E-state index is 0.230. The molecule has 0 amide bonds. The molecule has 16 aromatic carbocycles. The van der Waals surface area contributed by atoms with Crippen molar-refractivity contribution in [3.63, 3.8) is 0 Å². The molecule has 0 spiro atoms. The van der Waals surface area contributed by atoms with Gasteiger partial charge in [0.1, 0.15) is 11.5 Å². The number of benzene rings is 16. The van der Waals surface area contributed by atoms with Crippen molar-refractivity contribution in [3.05, 3.63) is 358 Å². The highest BCUT2D eigenvalue weighted by atomic mass is 32.1. The van der Waals surface area contributed by atoms with E-state index in [9.17, 15) is 0 Å². The number of anilines is 15. The van der Waals surface area contributed by atoms with E-state index in [1.165, 1.54) is 82.4 Å². The Morgan fingerprint density at radius 3 is 1.44 bits per heavy atom. The lowest BCUT2D eigenvalue weighted by atomic mass is 9.30. The van der Waals surface area contributed by atoms with E-state index in [2.05, 4.69) is 382 Å². The van der Waals surface area contributed by atoms with E-state index in [0.29, 0.717) is 0 Å². The van der Waals surface area contributed by atoms with Crippen LogP contribution in [0.25, 0.3) is 71.6 Å². The fourth-order valence-electron chi connectivity index (χ4n) is 18.0. The van der Waals surface area contributed by atoms with Gasteiger partial charge in [-0.3, -0.25) is 0 Å². The lowest BCUT2D eigenvalue weighted by molar-refractivity contribution is 0.488. The Morgan fingerprint density at radius 1 is 0.262 bits per heavy atom. The first-order chi connectivity index (χ1) is 53.1. The molecule has 6 nitrogen and oxygen atoms in total. The number of nitrogens with zero attached hydrogens (tertiary/aromatic N) is 5. The molecule has 19 aromatic rings. The third-order valence-corrected chi connectivity index (χ3v) is 26.0. The predicted octanol–water partition coefficient (Wildman–Crippen LogP) is 23.9. The predicted molar refractivity (Wildman–Crippen MR) is 460 cm³/mol. The van der Waals surface area contributed by atoms with Crippen LogP contribution in [0.4, 0.5) is 85.3 Å². The number of thiophene rings is 3. The van der Waals surface area contributed by atoms with Crippen LogP contribution in [0.15, 0.2) is 358 Å². The Hall–Kier alpha value is -12.9. The van der Waals surface area contributed by atoms with Gasteiger partial charge >= 0.3 is 0 Å². The van der Waals surface area contributed by atoms with Gasteiger partial charge in [-0.05, 0) is 154 Å². The molecule has 498 valence electrons. The summed E-state index contributed by atoms with van der Waals surface area (Å²) in [6, 6.07) is 133. The first kappa shape index (κ1) is 60.5. The van der Waals surface area contributed by atoms with Crippen LogP contribution in [-0.2, 0) is 0 Å². The molecule has 7 heterocycles. The van der Waals surface area contributed by atoms with Crippen molar-refractivity contribution in [1.82, 2.24) is 0 Å². The Kier molecular flexibility index (Phi) is 13.5. The smallest absolute Gasteiger partial charge is 0.256 e. The summed E-state index contributed by atoms with van der Waals surface area (Å²) < 4.78 is 15.6. The van der Waals surface area contributed by atoms with Gasteiger partial charge in [-0.25, -0.2) is 0 Å². The standard InChI is InChI=1S/C96H59B2N5OS3/c1-5-28-60(29-6-1)66-36-13-19-44-76(66)99(61-30-7-2-8-31-61)65-56-85-94-87(57-65)104-86-59-82-74(58-75(86)98(94)73-43-18-21-46-78(73)102(85)79-47-27-53-91-92(79)71-39-16-24-52-90(71)105-91)97-72-42-17-20-45-77(72)101(63-34-11-4-12-35-63)83-54-64(55-84(93(83)97)103(82)81-49-26-41-70-68-38-15-23-51-89(68)107-96(70)81)100(62-32-9-3-10-33-62)80-48-25-40-69-67-37-14-22-50-88(67)106-95(69)80/h1-59H. The molecule has 4 aliphatic rings. The number of hydrogen-bond donors (Lipinski definition) is 0. The number of hydrogen-bond acceptors (Lipinski definition) is 9. The molecule has 0 saturated heterocycles. The van der Waals surface area contributed by atoms with Gasteiger partial charge in [-0.1, -0.05) is 231 Å². The molecule has 4 aliphatic heterocycles. The Labute approximate surface area is 631 Å². The second kappa shape index (κ2) is 23.8. The maximum Gasteiger partial charge on any atom is 0.256 e. The molecule has 11 heteroatoms. The summed E-state index contributed by atoms with van der Waals surface area (Å²) >= 11 is 5.60. The van der Waals surface area contributed by atoms with E-state index in [1.807, 2.05) is 34.0 Å². The summed E-state index contributed by atoms with van der Waals surface area (Å²) in [6.07, 6.45) is 0. The van der Waals surface area contributed by atoms with E-state index in [1.54, 1.807) is 0 Å². The largest absolute Gasteiger partial charge is 0.458 e. The molecular weight excluding hydrogens is 1360 g/mol. The maximum absolute atomic E-state index is 8.12. The molecule has 0 atom stereocenters. The summed E-state index contributed by atoms with van der Waals surface area (Å²) in [4.78, 5) is 12.7. The van der Waals surface area contributed by atoms with Gasteiger partial charge in [0.15, 0.2) is 0 Å². The summed E-state index contributed by atoms with van der Waals surface area (Å²) in [5.41, 5.74) is 25.7. The second-order valence-electron chi connectivity index (χ2n) is 28.1. The van der Waals surface area contributed by atoms with Gasteiger partial charge in [0.25, 0.3) is 13.4 Å². The van der Waals surface area contributed by atoms with Gasteiger partial charge in [0, 0.05) is 120 Å². The summed E-state index contributed by atoms with van der Waals surface area (Å²) in [6.45, 7) is -0.485. The fraction of sp³-hybridized carbons (Fsp3) is 0. The monoisotopic (exact) mass is 1420 g/mol. The zero-order valence-corrected chi connectivity index (χ0v) is 60.0.